The number of amides is 2. The molecule has 0 aromatic heterocycles. The lowest BCUT2D eigenvalue weighted by molar-refractivity contribution is 0.167. The van der Waals surface area contributed by atoms with Gasteiger partial charge in [-0.25, -0.2) is 4.79 Å². The lowest BCUT2D eigenvalue weighted by atomic mass is 9.89. The molecule has 142 valence electrons. The molecule has 3 aliphatic rings. The number of hydrogen-bond donors (Lipinski definition) is 2. The van der Waals surface area contributed by atoms with Crippen LogP contribution < -0.4 is 10.6 Å². The van der Waals surface area contributed by atoms with Crippen LogP contribution in [0.25, 0.3) is 0 Å². The van der Waals surface area contributed by atoms with Gasteiger partial charge >= 0.3 is 6.03 Å². The van der Waals surface area contributed by atoms with Crippen LogP contribution in [-0.4, -0.2) is 43.2 Å². The van der Waals surface area contributed by atoms with Crippen LogP contribution in [0.4, 0.5) is 4.79 Å². The lowest BCUT2D eigenvalue weighted by Gasteiger charge is -2.33. The minimum absolute atomic E-state index is 0.176. The molecule has 0 radical (unpaired) electrons. The number of benzene rings is 1. The number of rotatable bonds is 3. The Morgan fingerprint density at radius 3 is 2.62 bits per heavy atom. The summed E-state index contributed by atoms with van der Waals surface area (Å²) in [5.41, 5.74) is 4.62. The predicted molar refractivity (Wildman–Crippen MR) is 105 cm³/mol. The van der Waals surface area contributed by atoms with Gasteiger partial charge in [-0.05, 0) is 93.5 Å². The van der Waals surface area contributed by atoms with Crippen molar-refractivity contribution < 1.29 is 4.79 Å². The van der Waals surface area contributed by atoms with Gasteiger partial charge in [0, 0.05) is 19.1 Å². The first-order chi connectivity index (χ1) is 12.6. The number of piperidine rings is 2. The van der Waals surface area contributed by atoms with Crippen LogP contribution in [0.2, 0.25) is 0 Å². The summed E-state index contributed by atoms with van der Waals surface area (Å²) in [6.45, 7) is 8.39. The van der Waals surface area contributed by atoms with Gasteiger partial charge in [0.2, 0.25) is 0 Å². The molecule has 4 nitrogen and oxygen atoms in total. The molecular weight excluding hydrogens is 322 g/mol. The minimum Gasteiger partial charge on any atom is -0.335 e. The van der Waals surface area contributed by atoms with E-state index in [4.69, 9.17) is 0 Å². The van der Waals surface area contributed by atoms with E-state index < -0.39 is 0 Å². The zero-order valence-corrected chi connectivity index (χ0v) is 16.3. The molecule has 1 unspecified atom stereocenters. The molecule has 1 aromatic rings. The standard InChI is InChI=1S/C22H33N3O/c1-16-3-4-19(13-17(16)2)14-18-5-11-25(12-6-18)21(26)24-20-15-22(20)7-9-23-10-8-22/h3-4,13,18,20,23H,5-12,14-15H2,1-2H3,(H,24,26). The molecule has 1 aliphatic carbocycles. The van der Waals surface area contributed by atoms with E-state index in [0.717, 1.165) is 45.4 Å². The van der Waals surface area contributed by atoms with Gasteiger partial charge in [-0.3, -0.25) is 0 Å². The van der Waals surface area contributed by atoms with Gasteiger partial charge in [-0.15, -0.1) is 0 Å². The summed E-state index contributed by atoms with van der Waals surface area (Å²) in [6.07, 6.45) is 7.02. The van der Waals surface area contributed by atoms with Crippen LogP contribution in [0.3, 0.4) is 0 Å². The second-order valence-corrected chi connectivity index (χ2v) is 8.87. The van der Waals surface area contributed by atoms with Crippen molar-refractivity contribution in [3.63, 3.8) is 0 Å². The maximum atomic E-state index is 12.6. The Morgan fingerprint density at radius 1 is 1.19 bits per heavy atom. The van der Waals surface area contributed by atoms with E-state index >= 15 is 0 Å². The minimum atomic E-state index is 0.176. The summed E-state index contributed by atoms with van der Waals surface area (Å²) in [6, 6.07) is 7.44. The first-order valence-electron chi connectivity index (χ1n) is 10.4. The zero-order valence-electron chi connectivity index (χ0n) is 16.3. The molecule has 26 heavy (non-hydrogen) atoms. The summed E-state index contributed by atoms with van der Waals surface area (Å²) >= 11 is 0. The van der Waals surface area contributed by atoms with E-state index in [0.29, 0.717) is 17.4 Å². The number of nitrogens with zero attached hydrogens (tertiary/aromatic N) is 1. The average molecular weight is 356 g/mol. The monoisotopic (exact) mass is 355 g/mol. The largest absolute Gasteiger partial charge is 0.335 e. The topological polar surface area (TPSA) is 44.4 Å². The van der Waals surface area contributed by atoms with Gasteiger partial charge in [0.05, 0.1) is 0 Å². The van der Waals surface area contributed by atoms with Gasteiger partial charge < -0.3 is 15.5 Å². The second-order valence-electron chi connectivity index (χ2n) is 8.87. The van der Waals surface area contributed by atoms with Gasteiger partial charge in [0.1, 0.15) is 0 Å². The van der Waals surface area contributed by atoms with Gasteiger partial charge in [-0.1, -0.05) is 18.2 Å². The quantitative estimate of drug-likeness (QED) is 0.873. The van der Waals surface area contributed by atoms with Crippen molar-refractivity contribution in [2.75, 3.05) is 26.2 Å². The van der Waals surface area contributed by atoms with Crippen molar-refractivity contribution in [3.8, 4) is 0 Å². The fraction of sp³-hybridized carbons (Fsp3) is 0.682. The molecule has 3 fully saturated rings. The number of hydrogen-bond acceptors (Lipinski definition) is 2. The third-order valence-corrected chi connectivity index (χ3v) is 7.08. The number of likely N-dealkylation sites (tertiary alicyclic amines) is 1. The van der Waals surface area contributed by atoms with Gasteiger partial charge in [0.15, 0.2) is 0 Å². The Bertz CT molecular complexity index is 657. The van der Waals surface area contributed by atoms with Crippen LogP contribution in [-0.2, 0) is 6.42 Å². The molecule has 1 saturated carbocycles. The Kier molecular flexibility index (Phi) is 4.96. The van der Waals surface area contributed by atoms with Crippen LogP contribution in [0.5, 0.6) is 0 Å². The number of carbonyl (C=O) groups is 1. The van der Waals surface area contributed by atoms with Crippen LogP contribution in [0.15, 0.2) is 18.2 Å². The molecule has 2 N–H and O–H groups in total. The summed E-state index contributed by atoms with van der Waals surface area (Å²) in [5, 5.41) is 6.75. The Labute approximate surface area is 157 Å². The van der Waals surface area contributed by atoms with E-state index in [1.54, 1.807) is 0 Å². The third kappa shape index (κ3) is 3.75. The molecular formula is C22H33N3O. The number of nitrogens with one attached hydrogen (secondary N) is 2. The smallest absolute Gasteiger partial charge is 0.317 e. The molecule has 4 heteroatoms. The van der Waals surface area contributed by atoms with Crippen molar-refractivity contribution in [1.82, 2.24) is 15.5 Å². The number of carbonyl (C=O) groups excluding carboxylic acids is 1. The fourth-order valence-electron chi connectivity index (χ4n) is 4.87. The van der Waals surface area contributed by atoms with E-state index in [2.05, 4.69) is 42.7 Å². The molecule has 1 atom stereocenters. The molecule has 2 aliphatic heterocycles. The van der Waals surface area contributed by atoms with Crippen molar-refractivity contribution in [2.24, 2.45) is 11.3 Å². The normalized spacial score (nSPS) is 25.3. The SMILES string of the molecule is Cc1ccc(CC2CCN(C(=O)NC3CC34CCNCC4)CC2)cc1C. The maximum Gasteiger partial charge on any atom is 0.317 e. The molecule has 4 rings (SSSR count). The van der Waals surface area contributed by atoms with Crippen molar-refractivity contribution >= 4 is 6.03 Å². The van der Waals surface area contributed by atoms with Crippen molar-refractivity contribution in [1.29, 1.82) is 0 Å². The van der Waals surface area contributed by atoms with Crippen LogP contribution in [0.1, 0.15) is 48.8 Å². The highest BCUT2D eigenvalue weighted by Gasteiger charge is 2.54. The van der Waals surface area contributed by atoms with Crippen molar-refractivity contribution in [3.05, 3.63) is 34.9 Å². The molecule has 1 spiro atoms. The predicted octanol–water partition coefficient (Wildman–Crippen LogP) is 3.41. The molecule has 0 bridgehead atoms. The molecule has 2 heterocycles. The van der Waals surface area contributed by atoms with E-state index in [1.165, 1.54) is 36.0 Å². The fourth-order valence-corrected chi connectivity index (χ4v) is 4.87. The highest BCUT2D eigenvalue weighted by molar-refractivity contribution is 5.75. The number of aryl methyl sites for hydroxylation is 2. The van der Waals surface area contributed by atoms with E-state index in [1.807, 2.05) is 4.90 Å². The summed E-state index contributed by atoms with van der Waals surface area (Å²) < 4.78 is 0. The number of urea groups is 1. The molecule has 1 aromatic carbocycles. The molecule has 2 amide bonds. The first kappa shape index (κ1) is 17.8. The van der Waals surface area contributed by atoms with E-state index in [9.17, 15) is 4.79 Å². The van der Waals surface area contributed by atoms with Crippen molar-refractivity contribution in [2.45, 2.75) is 58.4 Å². The summed E-state index contributed by atoms with van der Waals surface area (Å²) in [5.74, 6) is 0.706. The Morgan fingerprint density at radius 2 is 1.92 bits per heavy atom. The van der Waals surface area contributed by atoms with E-state index in [-0.39, 0.29) is 6.03 Å². The van der Waals surface area contributed by atoms with Gasteiger partial charge in [0.25, 0.3) is 0 Å². The second kappa shape index (κ2) is 7.22. The van der Waals surface area contributed by atoms with Crippen LogP contribution >= 0.6 is 0 Å². The summed E-state index contributed by atoms with van der Waals surface area (Å²) in [7, 11) is 0. The zero-order chi connectivity index (χ0) is 18.1. The Balaban J connectivity index is 1.23. The highest BCUT2D eigenvalue weighted by Crippen LogP contribution is 2.52. The Hall–Kier alpha value is -1.55. The lowest BCUT2D eigenvalue weighted by Crippen LogP contribution is -2.46. The average Bonchev–Trinajstić information content (AvgIpc) is 3.29. The molecule has 2 saturated heterocycles. The van der Waals surface area contributed by atoms with Gasteiger partial charge in [-0.2, -0.15) is 0 Å². The first-order valence-corrected chi connectivity index (χ1v) is 10.4. The van der Waals surface area contributed by atoms with Crippen LogP contribution in [0, 0.1) is 25.2 Å². The summed E-state index contributed by atoms with van der Waals surface area (Å²) in [4.78, 5) is 14.7. The highest BCUT2D eigenvalue weighted by atomic mass is 16.2. The third-order valence-electron chi connectivity index (χ3n) is 7.08. The maximum absolute atomic E-state index is 12.6.